The molecule has 10 nitrogen and oxygen atoms in total. The van der Waals surface area contributed by atoms with Gasteiger partial charge in [0.25, 0.3) is 11.8 Å². The van der Waals surface area contributed by atoms with Gasteiger partial charge in [-0.2, -0.15) is 0 Å². The number of benzene rings is 5. The van der Waals surface area contributed by atoms with Gasteiger partial charge in [-0.25, -0.2) is 4.98 Å². The van der Waals surface area contributed by atoms with Gasteiger partial charge in [0, 0.05) is 74.7 Å². The average molecular weight is 694 g/mol. The van der Waals surface area contributed by atoms with Crippen LogP contribution in [0.25, 0.3) is 11.0 Å². The maximum atomic E-state index is 12.8. The summed E-state index contributed by atoms with van der Waals surface area (Å²) in [5, 5.41) is 5.95. The highest BCUT2D eigenvalue weighted by molar-refractivity contribution is 6.04. The zero-order chi connectivity index (χ0) is 36.1. The Morgan fingerprint density at radius 2 is 1.17 bits per heavy atom. The topological polar surface area (TPSA) is 126 Å². The summed E-state index contributed by atoms with van der Waals surface area (Å²) < 4.78 is 2.09. The molecule has 4 N–H and O–H groups in total. The lowest BCUT2D eigenvalue weighted by molar-refractivity contribution is 0.0933. The lowest BCUT2D eigenvalue weighted by Crippen LogP contribution is -2.48. The minimum absolute atomic E-state index is 0.109. The molecule has 2 heterocycles. The summed E-state index contributed by atoms with van der Waals surface area (Å²) in [6.45, 7) is 7.16. The SMILES string of the molecule is NC(=O)c1ccccc1.O=C(NCCN1CCN(Cc2ccccc2)CC1)c1ccc(NC(=O)c2ccc(Cn3cnc4ccccc43)cc2)cc1. The van der Waals surface area contributed by atoms with E-state index in [2.05, 4.69) is 66.4 Å². The minimum Gasteiger partial charge on any atom is -0.366 e. The van der Waals surface area contributed by atoms with Gasteiger partial charge in [-0.1, -0.05) is 72.8 Å². The molecule has 3 amide bonds. The number of imidazole rings is 1. The Kier molecular flexibility index (Phi) is 12.2. The van der Waals surface area contributed by atoms with Crippen molar-refractivity contribution in [2.24, 2.45) is 5.73 Å². The molecule has 1 aliphatic rings. The Morgan fingerprint density at radius 1 is 0.596 bits per heavy atom. The van der Waals surface area contributed by atoms with Crippen molar-refractivity contribution in [2.75, 3.05) is 44.6 Å². The van der Waals surface area contributed by atoms with Crippen LogP contribution in [0, 0.1) is 0 Å². The summed E-state index contributed by atoms with van der Waals surface area (Å²) in [7, 11) is 0. The quantitative estimate of drug-likeness (QED) is 0.161. The second-order valence-corrected chi connectivity index (χ2v) is 12.7. The largest absolute Gasteiger partial charge is 0.366 e. The normalized spacial score (nSPS) is 13.2. The van der Waals surface area contributed by atoms with Crippen molar-refractivity contribution in [3.05, 3.63) is 168 Å². The summed E-state index contributed by atoms with van der Waals surface area (Å²) >= 11 is 0. The minimum atomic E-state index is -0.379. The first-order valence-corrected chi connectivity index (χ1v) is 17.4. The van der Waals surface area contributed by atoms with Crippen LogP contribution in [-0.2, 0) is 13.1 Å². The lowest BCUT2D eigenvalue weighted by atomic mass is 10.1. The summed E-state index contributed by atoms with van der Waals surface area (Å²) in [6.07, 6.45) is 1.84. The first kappa shape index (κ1) is 35.7. The Morgan fingerprint density at radius 3 is 1.85 bits per heavy atom. The summed E-state index contributed by atoms with van der Waals surface area (Å²) in [5.74, 6) is -0.682. The van der Waals surface area contributed by atoms with Gasteiger partial charge >= 0.3 is 0 Å². The van der Waals surface area contributed by atoms with Crippen LogP contribution in [0.1, 0.15) is 42.2 Å². The van der Waals surface area contributed by atoms with Gasteiger partial charge < -0.3 is 20.9 Å². The van der Waals surface area contributed by atoms with Crippen molar-refractivity contribution in [3.63, 3.8) is 0 Å². The van der Waals surface area contributed by atoms with Gasteiger partial charge in [0.15, 0.2) is 0 Å². The molecule has 0 radical (unpaired) electrons. The standard InChI is InChI=1S/C35H36N6O2.C7H7NO/c42-34(36-18-19-39-20-22-40(23-21-39)24-27-6-2-1-3-7-27)29-14-16-31(17-15-29)38-35(43)30-12-10-28(11-13-30)25-41-26-37-32-8-4-5-9-33(32)41;8-7(9)6-4-2-1-3-5-6/h1-17,26H,18-25H2,(H,36,42)(H,38,43);1-5H,(H2,8,9). The third-order valence-electron chi connectivity index (χ3n) is 8.99. The Hall–Kier alpha value is -6.10. The van der Waals surface area contributed by atoms with Gasteiger partial charge in [0.05, 0.1) is 17.4 Å². The number of para-hydroxylation sites is 2. The number of carbonyl (C=O) groups excluding carboxylic acids is 3. The van der Waals surface area contributed by atoms with Crippen LogP contribution >= 0.6 is 0 Å². The van der Waals surface area contributed by atoms with E-state index in [0.29, 0.717) is 35.5 Å². The zero-order valence-electron chi connectivity index (χ0n) is 29.0. The Balaban J connectivity index is 0.000000451. The van der Waals surface area contributed by atoms with Crippen molar-refractivity contribution in [3.8, 4) is 0 Å². The molecule has 10 heteroatoms. The third kappa shape index (κ3) is 10.00. The third-order valence-corrected chi connectivity index (χ3v) is 8.99. The van der Waals surface area contributed by atoms with E-state index in [1.165, 1.54) is 5.56 Å². The van der Waals surface area contributed by atoms with E-state index in [4.69, 9.17) is 5.73 Å². The molecule has 0 aliphatic carbocycles. The number of aromatic nitrogens is 2. The molecule has 1 aliphatic heterocycles. The second-order valence-electron chi connectivity index (χ2n) is 12.7. The van der Waals surface area contributed by atoms with Crippen molar-refractivity contribution in [1.29, 1.82) is 0 Å². The number of carbonyl (C=O) groups is 3. The van der Waals surface area contributed by atoms with Gasteiger partial charge in [-0.05, 0) is 71.8 Å². The number of nitrogens with two attached hydrogens (primary N) is 1. The molecular weight excluding hydrogens is 651 g/mol. The van der Waals surface area contributed by atoms with E-state index in [9.17, 15) is 14.4 Å². The number of rotatable bonds is 11. The number of hydrogen-bond donors (Lipinski definition) is 3. The maximum Gasteiger partial charge on any atom is 0.255 e. The van der Waals surface area contributed by atoms with Crippen LogP contribution < -0.4 is 16.4 Å². The first-order chi connectivity index (χ1) is 25.4. The highest BCUT2D eigenvalue weighted by Gasteiger charge is 2.17. The Labute approximate surface area is 303 Å². The molecule has 1 saturated heterocycles. The van der Waals surface area contributed by atoms with Crippen molar-refractivity contribution < 1.29 is 14.4 Å². The fourth-order valence-corrected chi connectivity index (χ4v) is 6.05. The number of amides is 3. The monoisotopic (exact) mass is 693 g/mol. The van der Waals surface area contributed by atoms with E-state index >= 15 is 0 Å². The molecule has 264 valence electrons. The number of nitrogens with one attached hydrogen (secondary N) is 2. The van der Waals surface area contributed by atoms with Crippen LogP contribution in [-0.4, -0.2) is 76.3 Å². The van der Waals surface area contributed by atoms with Crippen LogP contribution in [0.4, 0.5) is 5.69 Å². The van der Waals surface area contributed by atoms with Crippen LogP contribution in [0.5, 0.6) is 0 Å². The molecule has 6 aromatic rings. The van der Waals surface area contributed by atoms with E-state index in [1.54, 1.807) is 48.5 Å². The molecule has 0 unspecified atom stereocenters. The number of hydrogen-bond acceptors (Lipinski definition) is 6. The highest BCUT2D eigenvalue weighted by atomic mass is 16.2. The molecule has 5 aromatic carbocycles. The molecule has 1 aromatic heterocycles. The predicted octanol–water partition coefficient (Wildman–Crippen LogP) is 5.67. The van der Waals surface area contributed by atoms with E-state index in [1.807, 2.05) is 54.9 Å². The molecule has 1 fully saturated rings. The average Bonchev–Trinajstić information content (AvgIpc) is 3.59. The number of fused-ring (bicyclic) bond motifs is 1. The molecule has 52 heavy (non-hydrogen) atoms. The highest BCUT2D eigenvalue weighted by Crippen LogP contribution is 2.16. The predicted molar refractivity (Wildman–Crippen MR) is 205 cm³/mol. The molecule has 0 saturated carbocycles. The number of piperazine rings is 1. The smallest absolute Gasteiger partial charge is 0.255 e. The Bertz CT molecular complexity index is 2060. The number of nitrogens with zero attached hydrogens (tertiary/aromatic N) is 4. The summed E-state index contributed by atoms with van der Waals surface area (Å²) in [6, 6.07) is 41.9. The second kappa shape index (κ2) is 17.7. The fourth-order valence-electron chi connectivity index (χ4n) is 6.05. The lowest BCUT2D eigenvalue weighted by Gasteiger charge is -2.34. The molecule has 0 bridgehead atoms. The molecule has 0 spiro atoms. The molecule has 7 rings (SSSR count). The maximum absolute atomic E-state index is 12.8. The van der Waals surface area contributed by atoms with Gasteiger partial charge in [0.2, 0.25) is 5.91 Å². The van der Waals surface area contributed by atoms with Gasteiger partial charge in [-0.3, -0.25) is 24.2 Å². The van der Waals surface area contributed by atoms with E-state index in [-0.39, 0.29) is 17.7 Å². The zero-order valence-corrected chi connectivity index (χ0v) is 29.0. The molecule has 0 atom stereocenters. The van der Waals surface area contributed by atoms with E-state index < -0.39 is 0 Å². The van der Waals surface area contributed by atoms with Gasteiger partial charge in [0.1, 0.15) is 0 Å². The van der Waals surface area contributed by atoms with Crippen LogP contribution in [0.2, 0.25) is 0 Å². The summed E-state index contributed by atoms with van der Waals surface area (Å²) in [5.41, 5.74) is 11.8. The van der Waals surface area contributed by atoms with Crippen LogP contribution in [0.3, 0.4) is 0 Å². The van der Waals surface area contributed by atoms with E-state index in [0.717, 1.165) is 55.9 Å². The number of anilines is 1. The van der Waals surface area contributed by atoms with Gasteiger partial charge in [-0.15, -0.1) is 0 Å². The first-order valence-electron chi connectivity index (χ1n) is 17.4. The van der Waals surface area contributed by atoms with Crippen molar-refractivity contribution in [2.45, 2.75) is 13.1 Å². The fraction of sp³-hybridized carbons (Fsp3) is 0.190. The summed E-state index contributed by atoms with van der Waals surface area (Å²) in [4.78, 5) is 45.2. The van der Waals surface area contributed by atoms with Crippen LogP contribution in [0.15, 0.2) is 140 Å². The van der Waals surface area contributed by atoms with Crippen molar-refractivity contribution >= 4 is 34.4 Å². The number of primary amides is 1. The molecular formula is C42H43N7O3. The van der Waals surface area contributed by atoms with Crippen molar-refractivity contribution in [1.82, 2.24) is 24.7 Å².